The van der Waals surface area contributed by atoms with Crippen molar-refractivity contribution in [3.8, 4) is 5.75 Å². The van der Waals surface area contributed by atoms with Gasteiger partial charge in [-0.25, -0.2) is 4.99 Å². The van der Waals surface area contributed by atoms with Gasteiger partial charge in [-0.1, -0.05) is 26.0 Å². The number of hydrogen-bond acceptors (Lipinski definition) is 3. The molecule has 1 saturated heterocycles. The number of nitrogens with zero attached hydrogens (tertiary/aromatic N) is 2. The van der Waals surface area contributed by atoms with Gasteiger partial charge < -0.3 is 20.3 Å². The van der Waals surface area contributed by atoms with E-state index >= 15 is 0 Å². The maximum absolute atomic E-state index is 12.1. The Balaban J connectivity index is 0.00000364. The molecule has 1 amide bonds. The van der Waals surface area contributed by atoms with E-state index in [2.05, 4.69) is 41.6 Å². The number of guanidine groups is 1. The zero-order valence-electron chi connectivity index (χ0n) is 16.7. The zero-order valence-corrected chi connectivity index (χ0v) is 19.0. The normalized spacial score (nSPS) is 14.1. The molecule has 0 aliphatic carbocycles. The largest absolute Gasteiger partial charge is 0.492 e. The zero-order chi connectivity index (χ0) is 18.8. The summed E-state index contributed by atoms with van der Waals surface area (Å²) in [5.41, 5.74) is 1.31. The first-order valence-corrected chi connectivity index (χ1v) is 9.63. The van der Waals surface area contributed by atoms with Crippen LogP contribution in [0.3, 0.4) is 0 Å². The number of halogens is 1. The van der Waals surface area contributed by atoms with Crippen molar-refractivity contribution in [1.82, 2.24) is 15.5 Å². The van der Waals surface area contributed by atoms with Gasteiger partial charge in [0.25, 0.3) is 0 Å². The van der Waals surface area contributed by atoms with Crippen LogP contribution >= 0.6 is 24.0 Å². The van der Waals surface area contributed by atoms with Crippen LogP contribution in [0.15, 0.2) is 29.3 Å². The topological polar surface area (TPSA) is 66.0 Å². The quantitative estimate of drug-likeness (QED) is 0.256. The third-order valence-corrected chi connectivity index (χ3v) is 4.39. The van der Waals surface area contributed by atoms with Crippen molar-refractivity contribution in [2.45, 2.75) is 39.5 Å². The highest BCUT2D eigenvalue weighted by atomic mass is 127. The van der Waals surface area contributed by atoms with Crippen LogP contribution in [-0.2, 0) is 4.79 Å². The lowest BCUT2D eigenvalue weighted by molar-refractivity contribution is -0.128. The molecule has 2 N–H and O–H groups in total. The molecule has 1 aliphatic heterocycles. The SMILES string of the molecule is CCNC(=NCC(=O)N1CCCC1)NCCOc1ccc(C(C)C)cc1.I. The van der Waals surface area contributed by atoms with Crippen LogP contribution in [0.4, 0.5) is 0 Å². The molecule has 1 aromatic carbocycles. The summed E-state index contributed by atoms with van der Waals surface area (Å²) in [6.45, 7) is 10.2. The lowest BCUT2D eigenvalue weighted by Crippen LogP contribution is -2.40. The van der Waals surface area contributed by atoms with Crippen LogP contribution in [0.2, 0.25) is 0 Å². The summed E-state index contributed by atoms with van der Waals surface area (Å²) < 4.78 is 5.76. The summed E-state index contributed by atoms with van der Waals surface area (Å²) in [5, 5.41) is 6.37. The van der Waals surface area contributed by atoms with Crippen molar-refractivity contribution >= 4 is 35.8 Å². The highest BCUT2D eigenvalue weighted by molar-refractivity contribution is 14.0. The lowest BCUT2D eigenvalue weighted by atomic mass is 10.0. The van der Waals surface area contributed by atoms with Gasteiger partial charge in [0.05, 0.1) is 6.54 Å². The molecular weight excluding hydrogens is 455 g/mol. The predicted molar refractivity (Wildman–Crippen MR) is 121 cm³/mol. The Morgan fingerprint density at radius 3 is 2.44 bits per heavy atom. The highest BCUT2D eigenvalue weighted by Gasteiger charge is 2.17. The van der Waals surface area contributed by atoms with Gasteiger partial charge in [0.1, 0.15) is 18.9 Å². The van der Waals surface area contributed by atoms with Gasteiger partial charge in [-0.05, 0) is 43.4 Å². The maximum atomic E-state index is 12.1. The van der Waals surface area contributed by atoms with Crippen molar-refractivity contribution in [2.24, 2.45) is 4.99 Å². The number of amides is 1. The van der Waals surface area contributed by atoms with E-state index in [0.717, 1.165) is 38.2 Å². The average Bonchev–Trinajstić information content (AvgIpc) is 3.18. The third kappa shape index (κ3) is 8.36. The molecule has 1 fully saturated rings. The molecule has 0 aromatic heterocycles. The number of nitrogens with one attached hydrogen (secondary N) is 2. The van der Waals surface area contributed by atoms with Gasteiger partial charge in [-0.15, -0.1) is 24.0 Å². The van der Waals surface area contributed by atoms with Gasteiger partial charge in [-0.3, -0.25) is 4.79 Å². The fourth-order valence-corrected chi connectivity index (χ4v) is 2.84. The summed E-state index contributed by atoms with van der Waals surface area (Å²) in [6.07, 6.45) is 2.20. The molecule has 0 atom stereocenters. The molecular formula is C20H33IN4O2. The summed E-state index contributed by atoms with van der Waals surface area (Å²) >= 11 is 0. The van der Waals surface area contributed by atoms with Gasteiger partial charge in [0.15, 0.2) is 5.96 Å². The van der Waals surface area contributed by atoms with Gasteiger partial charge in [-0.2, -0.15) is 0 Å². The number of aliphatic imine (C=N–C) groups is 1. The molecule has 0 radical (unpaired) electrons. The molecule has 7 heteroatoms. The second-order valence-electron chi connectivity index (χ2n) is 6.78. The molecule has 6 nitrogen and oxygen atoms in total. The Morgan fingerprint density at radius 1 is 1.19 bits per heavy atom. The van der Waals surface area contributed by atoms with Crippen LogP contribution in [0.25, 0.3) is 0 Å². The van der Waals surface area contributed by atoms with Gasteiger partial charge in [0.2, 0.25) is 5.91 Å². The van der Waals surface area contributed by atoms with Gasteiger partial charge >= 0.3 is 0 Å². The van der Waals surface area contributed by atoms with E-state index in [1.807, 2.05) is 24.0 Å². The smallest absolute Gasteiger partial charge is 0.244 e. The van der Waals surface area contributed by atoms with E-state index in [0.29, 0.717) is 25.0 Å². The van der Waals surface area contributed by atoms with Crippen molar-refractivity contribution in [1.29, 1.82) is 0 Å². The van der Waals surface area contributed by atoms with E-state index in [1.54, 1.807) is 0 Å². The van der Waals surface area contributed by atoms with Crippen molar-refractivity contribution in [3.63, 3.8) is 0 Å². The molecule has 27 heavy (non-hydrogen) atoms. The summed E-state index contributed by atoms with van der Waals surface area (Å²) in [4.78, 5) is 18.4. The summed E-state index contributed by atoms with van der Waals surface area (Å²) in [6, 6.07) is 8.21. The minimum Gasteiger partial charge on any atom is -0.492 e. The summed E-state index contributed by atoms with van der Waals surface area (Å²) in [7, 11) is 0. The fraction of sp³-hybridized carbons (Fsp3) is 0.600. The number of rotatable bonds is 8. The fourth-order valence-electron chi connectivity index (χ4n) is 2.84. The molecule has 152 valence electrons. The Hall–Kier alpha value is -1.51. The first-order chi connectivity index (χ1) is 12.6. The lowest BCUT2D eigenvalue weighted by Gasteiger charge is -2.15. The highest BCUT2D eigenvalue weighted by Crippen LogP contribution is 2.18. The van der Waals surface area contributed by atoms with Crippen LogP contribution in [0, 0.1) is 0 Å². The molecule has 0 bridgehead atoms. The number of ether oxygens (including phenoxy) is 1. The van der Waals surface area contributed by atoms with Gasteiger partial charge in [0, 0.05) is 19.6 Å². The molecule has 0 spiro atoms. The van der Waals surface area contributed by atoms with Crippen molar-refractivity contribution in [3.05, 3.63) is 29.8 Å². The van der Waals surface area contributed by atoms with E-state index in [9.17, 15) is 4.79 Å². The molecule has 1 heterocycles. The van der Waals surface area contributed by atoms with E-state index in [4.69, 9.17) is 4.74 Å². The minimum atomic E-state index is 0. The minimum absolute atomic E-state index is 0. The van der Waals surface area contributed by atoms with E-state index in [1.165, 1.54) is 5.56 Å². The number of hydrogen-bond donors (Lipinski definition) is 2. The van der Waals surface area contributed by atoms with E-state index < -0.39 is 0 Å². The van der Waals surface area contributed by atoms with Crippen molar-refractivity contribution in [2.75, 3.05) is 39.3 Å². The van der Waals surface area contributed by atoms with Crippen LogP contribution in [0.1, 0.15) is 45.1 Å². The van der Waals surface area contributed by atoms with Crippen LogP contribution in [0.5, 0.6) is 5.75 Å². The Kier molecular flexibility index (Phi) is 11.2. The molecule has 1 aromatic rings. The number of likely N-dealkylation sites (tertiary alicyclic amines) is 1. The van der Waals surface area contributed by atoms with Crippen LogP contribution < -0.4 is 15.4 Å². The second kappa shape index (κ2) is 12.8. The van der Waals surface area contributed by atoms with Crippen LogP contribution in [-0.4, -0.2) is 56.1 Å². The standard InChI is InChI=1S/C20H32N4O2.HI/c1-4-21-20(23-15-19(25)24-12-5-6-13-24)22-11-14-26-18-9-7-17(8-10-18)16(2)3;/h7-10,16H,4-6,11-15H2,1-3H3,(H2,21,22,23);1H. The first-order valence-electron chi connectivity index (χ1n) is 9.63. The molecule has 0 saturated carbocycles. The summed E-state index contributed by atoms with van der Waals surface area (Å²) in [5.74, 6) is 2.13. The average molecular weight is 488 g/mol. The van der Waals surface area contributed by atoms with E-state index in [-0.39, 0.29) is 36.4 Å². The maximum Gasteiger partial charge on any atom is 0.244 e. The number of carbonyl (C=O) groups is 1. The predicted octanol–water partition coefficient (Wildman–Crippen LogP) is 2.98. The molecule has 0 unspecified atom stereocenters. The second-order valence-corrected chi connectivity index (χ2v) is 6.78. The van der Waals surface area contributed by atoms with Crippen molar-refractivity contribution < 1.29 is 9.53 Å². The number of carbonyl (C=O) groups excluding carboxylic acids is 1. The Bertz CT molecular complexity index is 584. The first kappa shape index (κ1) is 23.5. The monoisotopic (exact) mass is 488 g/mol. The molecule has 2 rings (SSSR count). The number of benzene rings is 1. The Morgan fingerprint density at radius 2 is 1.85 bits per heavy atom. The molecule has 1 aliphatic rings. The Labute approximate surface area is 180 Å². The third-order valence-electron chi connectivity index (χ3n) is 4.39.